The lowest BCUT2D eigenvalue weighted by molar-refractivity contribution is 0.104. The predicted molar refractivity (Wildman–Crippen MR) is 94.2 cm³/mol. The molecule has 1 heterocycles. The second kappa shape index (κ2) is 6.61. The molecular weight excluding hydrogens is 324 g/mol. The molecule has 0 aliphatic heterocycles. The van der Waals surface area contributed by atoms with Gasteiger partial charge in [0.2, 0.25) is 5.78 Å². The SMILES string of the molecule is COc1cccc(/C=C(/C#N)C(=O)c2c[nH]c3cc(Cl)ccc23)c1. The molecule has 1 N–H and O–H groups in total. The van der Waals surface area contributed by atoms with Crippen LogP contribution in [0.5, 0.6) is 5.75 Å². The Morgan fingerprint density at radius 2 is 2.12 bits per heavy atom. The summed E-state index contributed by atoms with van der Waals surface area (Å²) in [5.41, 5.74) is 1.98. The van der Waals surface area contributed by atoms with Crippen molar-refractivity contribution in [1.82, 2.24) is 4.98 Å². The maximum Gasteiger partial charge on any atom is 0.205 e. The number of H-pyrrole nitrogens is 1. The summed E-state index contributed by atoms with van der Waals surface area (Å²) in [4.78, 5) is 15.7. The number of rotatable bonds is 4. The molecule has 0 aliphatic carbocycles. The number of carbonyl (C=O) groups is 1. The zero-order valence-corrected chi connectivity index (χ0v) is 13.6. The van der Waals surface area contributed by atoms with Gasteiger partial charge in [-0.05, 0) is 35.9 Å². The van der Waals surface area contributed by atoms with E-state index in [0.717, 1.165) is 16.5 Å². The van der Waals surface area contributed by atoms with Gasteiger partial charge in [0.15, 0.2) is 0 Å². The molecule has 118 valence electrons. The summed E-state index contributed by atoms with van der Waals surface area (Å²) in [7, 11) is 1.57. The van der Waals surface area contributed by atoms with Crippen molar-refractivity contribution in [2.45, 2.75) is 0 Å². The number of nitrogens with one attached hydrogen (secondary N) is 1. The Labute approximate surface area is 143 Å². The van der Waals surface area contributed by atoms with Crippen LogP contribution < -0.4 is 4.74 Å². The number of allylic oxidation sites excluding steroid dienone is 1. The molecule has 0 saturated carbocycles. The van der Waals surface area contributed by atoms with Gasteiger partial charge in [-0.1, -0.05) is 29.8 Å². The number of aromatic nitrogens is 1. The highest BCUT2D eigenvalue weighted by atomic mass is 35.5. The number of carbonyl (C=O) groups excluding carboxylic acids is 1. The van der Waals surface area contributed by atoms with E-state index in [1.807, 2.05) is 12.1 Å². The highest BCUT2D eigenvalue weighted by molar-refractivity contribution is 6.31. The number of hydrogen-bond acceptors (Lipinski definition) is 3. The van der Waals surface area contributed by atoms with Gasteiger partial charge in [-0.2, -0.15) is 5.26 Å². The number of benzene rings is 2. The minimum Gasteiger partial charge on any atom is -0.497 e. The Morgan fingerprint density at radius 1 is 1.29 bits per heavy atom. The molecule has 4 nitrogen and oxygen atoms in total. The third-order valence-electron chi connectivity index (χ3n) is 3.66. The fraction of sp³-hybridized carbons (Fsp3) is 0.0526. The molecule has 3 rings (SSSR count). The number of halogens is 1. The number of methoxy groups -OCH3 is 1. The van der Waals surface area contributed by atoms with Gasteiger partial charge in [0.05, 0.1) is 7.11 Å². The van der Waals surface area contributed by atoms with Crippen LogP contribution in [0.4, 0.5) is 0 Å². The van der Waals surface area contributed by atoms with E-state index in [2.05, 4.69) is 4.98 Å². The maximum absolute atomic E-state index is 12.7. The van der Waals surface area contributed by atoms with Crippen molar-refractivity contribution in [2.24, 2.45) is 0 Å². The summed E-state index contributed by atoms with van der Waals surface area (Å²) in [6.45, 7) is 0. The first-order chi connectivity index (χ1) is 11.6. The third kappa shape index (κ3) is 3.03. The highest BCUT2D eigenvalue weighted by Gasteiger charge is 2.16. The van der Waals surface area contributed by atoms with Gasteiger partial charge >= 0.3 is 0 Å². The second-order valence-corrected chi connectivity index (χ2v) is 5.60. The standard InChI is InChI=1S/C19H13ClN2O2/c1-24-15-4-2-3-12(8-15)7-13(10-21)19(23)17-11-22-18-9-14(20)5-6-16(17)18/h2-9,11,22H,1H3/b13-7-. The van der Waals surface area contributed by atoms with E-state index in [-0.39, 0.29) is 11.4 Å². The summed E-state index contributed by atoms with van der Waals surface area (Å²) in [6.07, 6.45) is 3.15. The fourth-order valence-electron chi connectivity index (χ4n) is 2.48. The summed E-state index contributed by atoms with van der Waals surface area (Å²) < 4.78 is 5.16. The van der Waals surface area contributed by atoms with Crippen LogP contribution in [0.25, 0.3) is 17.0 Å². The highest BCUT2D eigenvalue weighted by Crippen LogP contribution is 2.25. The molecule has 0 radical (unpaired) electrons. The molecule has 0 atom stereocenters. The molecule has 0 saturated heterocycles. The quantitative estimate of drug-likeness (QED) is 0.429. The molecule has 3 aromatic rings. The number of Topliss-reactive ketones (excluding diaryl/α,β-unsaturated/α-hetero) is 1. The summed E-state index contributed by atoms with van der Waals surface area (Å²) in [5, 5.41) is 10.7. The normalized spacial score (nSPS) is 11.3. The van der Waals surface area contributed by atoms with Gasteiger partial charge in [-0.25, -0.2) is 0 Å². The van der Waals surface area contributed by atoms with Crippen molar-refractivity contribution >= 4 is 34.4 Å². The average molecular weight is 337 g/mol. The zero-order valence-electron chi connectivity index (χ0n) is 12.8. The Balaban J connectivity index is 2.02. The summed E-state index contributed by atoms with van der Waals surface area (Å²) in [6, 6.07) is 14.4. The van der Waals surface area contributed by atoms with Crippen molar-refractivity contribution in [1.29, 1.82) is 5.26 Å². The van der Waals surface area contributed by atoms with Crippen molar-refractivity contribution in [3.63, 3.8) is 0 Å². The fourth-order valence-corrected chi connectivity index (χ4v) is 2.65. The number of nitrogens with zero attached hydrogens (tertiary/aromatic N) is 1. The number of ketones is 1. The molecule has 0 spiro atoms. The van der Waals surface area contributed by atoms with Crippen LogP contribution in [0, 0.1) is 11.3 Å². The van der Waals surface area contributed by atoms with Crippen molar-refractivity contribution in [2.75, 3.05) is 7.11 Å². The topological polar surface area (TPSA) is 65.9 Å². The zero-order chi connectivity index (χ0) is 17.1. The Morgan fingerprint density at radius 3 is 2.88 bits per heavy atom. The molecule has 5 heteroatoms. The molecule has 0 aliphatic rings. The predicted octanol–water partition coefficient (Wildman–Crippen LogP) is 4.62. The molecule has 0 fully saturated rings. The monoisotopic (exact) mass is 336 g/mol. The van der Waals surface area contributed by atoms with Gasteiger partial charge in [0.25, 0.3) is 0 Å². The second-order valence-electron chi connectivity index (χ2n) is 5.17. The number of hydrogen-bond donors (Lipinski definition) is 1. The van der Waals surface area contributed by atoms with Crippen LogP contribution in [0.3, 0.4) is 0 Å². The molecule has 0 unspecified atom stereocenters. The van der Waals surface area contributed by atoms with Gasteiger partial charge in [-0.3, -0.25) is 4.79 Å². The van der Waals surface area contributed by atoms with Crippen LogP contribution in [-0.4, -0.2) is 17.9 Å². The van der Waals surface area contributed by atoms with E-state index in [0.29, 0.717) is 16.3 Å². The van der Waals surface area contributed by atoms with Gasteiger partial charge in [0, 0.05) is 27.7 Å². The lowest BCUT2D eigenvalue weighted by atomic mass is 10.0. The van der Waals surface area contributed by atoms with E-state index >= 15 is 0 Å². The maximum atomic E-state index is 12.7. The van der Waals surface area contributed by atoms with Crippen molar-refractivity contribution in [3.8, 4) is 11.8 Å². The van der Waals surface area contributed by atoms with Crippen molar-refractivity contribution in [3.05, 3.63) is 70.4 Å². The average Bonchev–Trinajstić information content (AvgIpc) is 3.02. The number of nitriles is 1. The van der Waals surface area contributed by atoms with Crippen molar-refractivity contribution < 1.29 is 9.53 Å². The third-order valence-corrected chi connectivity index (χ3v) is 3.89. The first-order valence-electron chi connectivity index (χ1n) is 7.19. The first kappa shape index (κ1) is 15.9. The van der Waals surface area contributed by atoms with Crippen LogP contribution in [0.2, 0.25) is 5.02 Å². The van der Waals surface area contributed by atoms with Crippen LogP contribution in [0.15, 0.2) is 54.2 Å². The number of ether oxygens (including phenoxy) is 1. The minimum absolute atomic E-state index is 0.0547. The van der Waals surface area contributed by atoms with E-state index in [1.54, 1.807) is 55.8 Å². The van der Waals surface area contributed by atoms with E-state index in [4.69, 9.17) is 16.3 Å². The van der Waals surface area contributed by atoms with Crippen LogP contribution in [0.1, 0.15) is 15.9 Å². The molecule has 2 aromatic carbocycles. The number of fused-ring (bicyclic) bond motifs is 1. The van der Waals surface area contributed by atoms with Gasteiger partial charge < -0.3 is 9.72 Å². The first-order valence-corrected chi connectivity index (χ1v) is 7.57. The smallest absolute Gasteiger partial charge is 0.205 e. The van der Waals surface area contributed by atoms with E-state index in [1.165, 1.54) is 0 Å². The largest absolute Gasteiger partial charge is 0.497 e. The Kier molecular flexibility index (Phi) is 4.37. The molecule has 24 heavy (non-hydrogen) atoms. The Bertz CT molecular complexity index is 996. The van der Waals surface area contributed by atoms with Crippen LogP contribution >= 0.6 is 11.6 Å². The van der Waals surface area contributed by atoms with Crippen LogP contribution in [-0.2, 0) is 0 Å². The van der Waals surface area contributed by atoms with E-state index < -0.39 is 0 Å². The van der Waals surface area contributed by atoms with E-state index in [9.17, 15) is 10.1 Å². The Hall–Kier alpha value is -3.03. The molecule has 1 aromatic heterocycles. The number of aromatic amines is 1. The molecule has 0 bridgehead atoms. The summed E-state index contributed by atoms with van der Waals surface area (Å²) >= 11 is 5.95. The lowest BCUT2D eigenvalue weighted by Crippen LogP contribution is -2.01. The summed E-state index contributed by atoms with van der Waals surface area (Å²) in [5.74, 6) is 0.323. The van der Waals surface area contributed by atoms with Gasteiger partial charge in [-0.15, -0.1) is 0 Å². The van der Waals surface area contributed by atoms with Gasteiger partial charge in [0.1, 0.15) is 17.4 Å². The minimum atomic E-state index is -0.339. The molecular formula is C19H13ClN2O2. The lowest BCUT2D eigenvalue weighted by Gasteiger charge is -2.02. The molecule has 0 amide bonds.